The lowest BCUT2D eigenvalue weighted by Crippen LogP contribution is -2.42. The van der Waals surface area contributed by atoms with Crippen LogP contribution in [0, 0.1) is 11.7 Å². The predicted molar refractivity (Wildman–Crippen MR) is 117 cm³/mol. The van der Waals surface area contributed by atoms with Gasteiger partial charge >= 0.3 is 5.97 Å². The van der Waals surface area contributed by atoms with E-state index in [1.807, 2.05) is 24.3 Å². The summed E-state index contributed by atoms with van der Waals surface area (Å²) in [6.07, 6.45) is 2.36. The van der Waals surface area contributed by atoms with Gasteiger partial charge in [0.25, 0.3) is 0 Å². The normalized spacial score (nSPS) is 23.0. The Bertz CT molecular complexity index is 1070. The molecule has 0 radical (unpaired) electrons. The summed E-state index contributed by atoms with van der Waals surface area (Å²) in [6.45, 7) is 3.77. The second-order valence-corrected chi connectivity index (χ2v) is 8.28. The highest BCUT2D eigenvalue weighted by Crippen LogP contribution is 2.46. The van der Waals surface area contributed by atoms with Gasteiger partial charge in [0, 0.05) is 34.7 Å². The number of ether oxygens (including phenoxy) is 1. The number of allylic oxidation sites excluding steroid dienone is 3. The van der Waals surface area contributed by atoms with Gasteiger partial charge in [-0.15, -0.1) is 0 Å². The zero-order valence-corrected chi connectivity index (χ0v) is 18.1. The first-order chi connectivity index (χ1) is 14.9. The number of esters is 1. The molecule has 6 heteroatoms. The molecule has 3 atom stereocenters. The van der Waals surface area contributed by atoms with E-state index in [9.17, 15) is 14.0 Å². The summed E-state index contributed by atoms with van der Waals surface area (Å²) >= 11 is 6.01. The first-order valence-electron chi connectivity index (χ1n) is 10.3. The number of rotatable bonds is 4. The van der Waals surface area contributed by atoms with Crippen LogP contribution in [0.15, 0.2) is 71.6 Å². The van der Waals surface area contributed by atoms with Crippen molar-refractivity contribution in [3.8, 4) is 0 Å². The molecular formula is C25H23ClFNO3. The Hall–Kier alpha value is -2.92. The fourth-order valence-electron chi connectivity index (χ4n) is 4.51. The summed E-state index contributed by atoms with van der Waals surface area (Å²) in [6, 6.07) is 13.4. The number of hydrogen-bond donors (Lipinski definition) is 1. The van der Waals surface area contributed by atoms with E-state index in [1.54, 1.807) is 26.0 Å². The number of Topliss-reactive ketones (excluding diaryl/α,β-unsaturated/α-hetero) is 1. The molecule has 2 aromatic carbocycles. The first-order valence-corrected chi connectivity index (χ1v) is 10.7. The molecule has 0 bridgehead atoms. The summed E-state index contributed by atoms with van der Waals surface area (Å²) in [7, 11) is 0. The zero-order valence-electron chi connectivity index (χ0n) is 17.3. The minimum absolute atomic E-state index is 0.0218. The Kier molecular flexibility index (Phi) is 5.96. The number of benzene rings is 2. The predicted octanol–water partition coefficient (Wildman–Crippen LogP) is 5.26. The molecule has 0 fully saturated rings. The maximum absolute atomic E-state index is 13.6. The lowest BCUT2D eigenvalue weighted by Gasteiger charge is -2.39. The van der Waals surface area contributed by atoms with Crippen molar-refractivity contribution in [1.82, 2.24) is 5.32 Å². The molecule has 2 aliphatic rings. The Labute approximate surface area is 185 Å². The third kappa shape index (κ3) is 4.15. The summed E-state index contributed by atoms with van der Waals surface area (Å²) in [5.41, 5.74) is 3.52. The van der Waals surface area contributed by atoms with Crippen LogP contribution < -0.4 is 5.32 Å². The highest BCUT2D eigenvalue weighted by atomic mass is 35.5. The molecule has 0 spiro atoms. The lowest BCUT2D eigenvalue weighted by atomic mass is 9.68. The number of carbonyl (C=O) groups is 2. The molecule has 0 saturated carbocycles. The SMILES string of the molecule is CCOC(=O)C1=C(C)NC2=CC(c3ccc(Cl)cc3)CC(=O)C2C1c1ccc(F)cc1. The Morgan fingerprint density at radius 1 is 1.10 bits per heavy atom. The van der Waals surface area contributed by atoms with E-state index < -0.39 is 17.8 Å². The van der Waals surface area contributed by atoms with Crippen LogP contribution in [0.3, 0.4) is 0 Å². The van der Waals surface area contributed by atoms with Crippen LogP contribution in [-0.4, -0.2) is 18.4 Å². The molecule has 160 valence electrons. The van der Waals surface area contributed by atoms with Crippen LogP contribution in [0.5, 0.6) is 0 Å². The smallest absolute Gasteiger partial charge is 0.336 e. The monoisotopic (exact) mass is 439 g/mol. The molecule has 3 unspecified atom stereocenters. The van der Waals surface area contributed by atoms with Crippen molar-refractivity contribution in [2.45, 2.75) is 32.1 Å². The third-order valence-corrected chi connectivity index (χ3v) is 6.14. The van der Waals surface area contributed by atoms with Crippen LogP contribution >= 0.6 is 11.6 Å². The summed E-state index contributed by atoms with van der Waals surface area (Å²) in [4.78, 5) is 26.2. The number of carbonyl (C=O) groups excluding carboxylic acids is 2. The van der Waals surface area contributed by atoms with Crippen molar-refractivity contribution in [2.75, 3.05) is 6.61 Å². The van der Waals surface area contributed by atoms with Crippen molar-refractivity contribution in [2.24, 2.45) is 5.92 Å². The van der Waals surface area contributed by atoms with E-state index >= 15 is 0 Å². The van der Waals surface area contributed by atoms with Gasteiger partial charge in [-0.3, -0.25) is 4.79 Å². The average Bonchev–Trinajstić information content (AvgIpc) is 2.74. The largest absolute Gasteiger partial charge is 0.463 e. The number of nitrogens with one attached hydrogen (secondary N) is 1. The van der Waals surface area contributed by atoms with Gasteiger partial charge in [0.15, 0.2) is 0 Å². The Balaban J connectivity index is 1.81. The minimum Gasteiger partial charge on any atom is -0.463 e. The minimum atomic E-state index is -0.558. The van der Waals surface area contributed by atoms with Gasteiger partial charge in [-0.2, -0.15) is 0 Å². The molecule has 0 aromatic heterocycles. The molecule has 1 N–H and O–H groups in total. The Morgan fingerprint density at radius 3 is 2.39 bits per heavy atom. The first kappa shape index (κ1) is 21.3. The number of hydrogen-bond acceptors (Lipinski definition) is 4. The van der Waals surface area contributed by atoms with Crippen LogP contribution in [-0.2, 0) is 14.3 Å². The van der Waals surface area contributed by atoms with Crippen LogP contribution in [0.2, 0.25) is 5.02 Å². The van der Waals surface area contributed by atoms with Crippen molar-refractivity contribution in [3.05, 3.63) is 93.5 Å². The van der Waals surface area contributed by atoms with E-state index in [1.165, 1.54) is 12.1 Å². The number of halogens is 2. The molecule has 0 amide bonds. The van der Waals surface area contributed by atoms with Gasteiger partial charge in [-0.25, -0.2) is 9.18 Å². The fraction of sp³-hybridized carbons (Fsp3) is 0.280. The number of ketones is 1. The van der Waals surface area contributed by atoms with Gasteiger partial charge in [-0.05, 0) is 49.2 Å². The molecule has 4 rings (SSSR count). The van der Waals surface area contributed by atoms with E-state index in [-0.39, 0.29) is 24.1 Å². The average molecular weight is 440 g/mol. The van der Waals surface area contributed by atoms with Gasteiger partial charge in [0.05, 0.1) is 18.1 Å². The molecule has 1 aliphatic heterocycles. The second kappa shape index (κ2) is 8.67. The molecule has 4 nitrogen and oxygen atoms in total. The van der Waals surface area contributed by atoms with Crippen molar-refractivity contribution in [3.63, 3.8) is 0 Å². The van der Waals surface area contributed by atoms with E-state index in [2.05, 4.69) is 11.4 Å². The molecule has 31 heavy (non-hydrogen) atoms. The van der Waals surface area contributed by atoms with E-state index in [0.717, 1.165) is 11.3 Å². The molecule has 0 saturated heterocycles. The summed E-state index contributed by atoms with van der Waals surface area (Å²) in [5, 5.41) is 3.92. The Morgan fingerprint density at radius 2 is 1.74 bits per heavy atom. The topological polar surface area (TPSA) is 55.4 Å². The standard InChI is InChI=1S/C25H23ClFNO3/c1-3-31-25(30)22-14(2)28-20-12-17(15-4-8-18(26)9-5-15)13-21(29)24(20)23(22)16-6-10-19(27)11-7-16/h4-12,17,23-24,28H,3,13H2,1-2H3. The van der Waals surface area contributed by atoms with Gasteiger partial charge < -0.3 is 10.1 Å². The van der Waals surface area contributed by atoms with Crippen LogP contribution in [0.1, 0.15) is 43.2 Å². The molecule has 1 aliphatic carbocycles. The highest BCUT2D eigenvalue weighted by molar-refractivity contribution is 6.30. The quantitative estimate of drug-likeness (QED) is 0.660. The van der Waals surface area contributed by atoms with Gasteiger partial charge in [-0.1, -0.05) is 41.9 Å². The van der Waals surface area contributed by atoms with Crippen LogP contribution in [0.4, 0.5) is 4.39 Å². The molecular weight excluding hydrogens is 417 g/mol. The molecule has 2 aromatic rings. The maximum Gasteiger partial charge on any atom is 0.336 e. The fourth-order valence-corrected chi connectivity index (χ4v) is 4.63. The number of fused-ring (bicyclic) bond motifs is 1. The zero-order chi connectivity index (χ0) is 22.1. The van der Waals surface area contributed by atoms with Gasteiger partial charge in [0.2, 0.25) is 0 Å². The van der Waals surface area contributed by atoms with Crippen molar-refractivity contribution in [1.29, 1.82) is 0 Å². The second-order valence-electron chi connectivity index (χ2n) is 7.84. The van der Waals surface area contributed by atoms with Crippen molar-refractivity contribution >= 4 is 23.4 Å². The third-order valence-electron chi connectivity index (χ3n) is 5.89. The molecule has 1 heterocycles. The highest BCUT2D eigenvalue weighted by Gasteiger charge is 2.44. The maximum atomic E-state index is 13.6. The van der Waals surface area contributed by atoms with Crippen LogP contribution in [0.25, 0.3) is 0 Å². The van der Waals surface area contributed by atoms with Gasteiger partial charge in [0.1, 0.15) is 11.6 Å². The van der Waals surface area contributed by atoms with E-state index in [4.69, 9.17) is 16.3 Å². The van der Waals surface area contributed by atoms with Crippen molar-refractivity contribution < 1.29 is 18.7 Å². The summed E-state index contributed by atoms with van der Waals surface area (Å²) in [5.74, 6) is -2.00. The van der Waals surface area contributed by atoms with E-state index in [0.29, 0.717) is 28.3 Å². The lowest BCUT2D eigenvalue weighted by molar-refractivity contribution is -0.139. The summed E-state index contributed by atoms with van der Waals surface area (Å²) < 4.78 is 18.9.